The Labute approximate surface area is 116 Å². The monoisotopic (exact) mass is 262 g/mol. The van der Waals surface area contributed by atoms with Gasteiger partial charge in [-0.15, -0.1) is 0 Å². The van der Waals surface area contributed by atoms with Gasteiger partial charge in [0.15, 0.2) is 0 Å². The number of nitrogens with zero attached hydrogens (tertiary/aromatic N) is 1. The zero-order chi connectivity index (χ0) is 13.5. The summed E-state index contributed by atoms with van der Waals surface area (Å²) in [7, 11) is 0. The molecule has 1 aromatic carbocycles. The number of hydrogen-bond donors (Lipinski definition) is 1. The zero-order valence-corrected chi connectivity index (χ0v) is 12.2. The highest BCUT2D eigenvalue weighted by Crippen LogP contribution is 2.16. The van der Waals surface area contributed by atoms with Gasteiger partial charge in [-0.3, -0.25) is 0 Å². The second-order valence-electron chi connectivity index (χ2n) is 5.31. The third-order valence-electron chi connectivity index (χ3n) is 3.71. The summed E-state index contributed by atoms with van der Waals surface area (Å²) in [6.45, 7) is 10.0. The minimum atomic E-state index is 0.280. The molecule has 0 spiro atoms. The first-order valence-electron chi connectivity index (χ1n) is 7.46. The zero-order valence-electron chi connectivity index (χ0n) is 12.2. The van der Waals surface area contributed by atoms with Crippen LogP contribution in [0.5, 0.6) is 5.75 Å². The van der Waals surface area contributed by atoms with Crippen LogP contribution in [0.4, 0.5) is 0 Å². The van der Waals surface area contributed by atoms with Crippen LogP contribution < -0.4 is 10.1 Å². The number of piperazine rings is 1. The SMILES string of the molecule is CCc1cccc(OC(C)CCN2CCNCC2)c1. The van der Waals surface area contributed by atoms with Crippen LogP contribution in [0.25, 0.3) is 0 Å². The third kappa shape index (κ3) is 4.84. The lowest BCUT2D eigenvalue weighted by Crippen LogP contribution is -2.44. The molecule has 0 saturated carbocycles. The summed E-state index contributed by atoms with van der Waals surface area (Å²) in [6.07, 6.45) is 2.44. The Hall–Kier alpha value is -1.06. The molecule has 1 aliphatic rings. The highest BCUT2D eigenvalue weighted by molar-refractivity contribution is 5.28. The molecule has 0 aliphatic carbocycles. The van der Waals surface area contributed by atoms with Crippen LogP contribution in [-0.2, 0) is 6.42 Å². The van der Waals surface area contributed by atoms with E-state index in [0.717, 1.165) is 51.3 Å². The molecule has 1 aliphatic heterocycles. The van der Waals surface area contributed by atoms with Crippen molar-refractivity contribution in [2.24, 2.45) is 0 Å². The van der Waals surface area contributed by atoms with Crippen molar-refractivity contribution >= 4 is 0 Å². The lowest BCUT2D eigenvalue weighted by molar-refractivity contribution is 0.167. The van der Waals surface area contributed by atoms with Crippen molar-refractivity contribution in [1.29, 1.82) is 0 Å². The average Bonchev–Trinajstić information content (AvgIpc) is 2.46. The highest BCUT2D eigenvalue weighted by Gasteiger charge is 2.11. The third-order valence-corrected chi connectivity index (χ3v) is 3.71. The van der Waals surface area contributed by atoms with E-state index in [1.807, 2.05) is 0 Å². The van der Waals surface area contributed by atoms with Crippen molar-refractivity contribution in [2.75, 3.05) is 32.7 Å². The Bertz CT molecular complexity index is 375. The van der Waals surface area contributed by atoms with Crippen molar-refractivity contribution < 1.29 is 4.74 Å². The van der Waals surface area contributed by atoms with Crippen LogP contribution in [0, 0.1) is 0 Å². The molecule has 1 N–H and O–H groups in total. The van der Waals surface area contributed by atoms with E-state index < -0.39 is 0 Å². The Kier molecular flexibility index (Phi) is 5.67. The second-order valence-corrected chi connectivity index (χ2v) is 5.31. The molecule has 3 heteroatoms. The molecular formula is C16H26N2O. The number of aryl methyl sites for hydroxylation is 1. The molecule has 1 atom stereocenters. The summed E-state index contributed by atoms with van der Waals surface area (Å²) in [6, 6.07) is 8.44. The van der Waals surface area contributed by atoms with Crippen molar-refractivity contribution in [3.05, 3.63) is 29.8 Å². The Morgan fingerprint density at radius 3 is 2.84 bits per heavy atom. The molecule has 0 amide bonds. The van der Waals surface area contributed by atoms with E-state index in [1.165, 1.54) is 5.56 Å². The van der Waals surface area contributed by atoms with E-state index in [2.05, 4.69) is 48.3 Å². The molecule has 0 bridgehead atoms. The smallest absolute Gasteiger partial charge is 0.119 e. The van der Waals surface area contributed by atoms with Gasteiger partial charge in [0.25, 0.3) is 0 Å². The maximum atomic E-state index is 6.01. The summed E-state index contributed by atoms with van der Waals surface area (Å²) >= 11 is 0. The lowest BCUT2D eigenvalue weighted by atomic mass is 10.1. The number of nitrogens with one attached hydrogen (secondary N) is 1. The van der Waals surface area contributed by atoms with Gasteiger partial charge in [0.2, 0.25) is 0 Å². The summed E-state index contributed by atoms with van der Waals surface area (Å²) in [5.41, 5.74) is 1.34. The van der Waals surface area contributed by atoms with E-state index >= 15 is 0 Å². The average molecular weight is 262 g/mol. The molecule has 1 saturated heterocycles. The summed E-state index contributed by atoms with van der Waals surface area (Å²) in [4.78, 5) is 2.51. The standard InChI is InChI=1S/C16H26N2O/c1-3-15-5-4-6-16(13-15)19-14(2)7-10-18-11-8-17-9-12-18/h4-6,13-14,17H,3,7-12H2,1-2H3. The highest BCUT2D eigenvalue weighted by atomic mass is 16.5. The van der Waals surface area contributed by atoms with Gasteiger partial charge in [-0.1, -0.05) is 19.1 Å². The first kappa shape index (κ1) is 14.4. The second kappa shape index (κ2) is 7.51. The predicted octanol–water partition coefficient (Wildman–Crippen LogP) is 2.31. The van der Waals surface area contributed by atoms with Gasteiger partial charge in [-0.05, 0) is 37.5 Å². The Balaban J connectivity index is 1.75. The van der Waals surface area contributed by atoms with E-state index in [1.54, 1.807) is 0 Å². The van der Waals surface area contributed by atoms with Crippen molar-refractivity contribution in [3.8, 4) is 5.75 Å². The van der Waals surface area contributed by atoms with Crippen LogP contribution in [0.2, 0.25) is 0 Å². The van der Waals surface area contributed by atoms with E-state index in [0.29, 0.717) is 0 Å². The maximum Gasteiger partial charge on any atom is 0.119 e. The minimum Gasteiger partial charge on any atom is -0.491 e. The molecule has 3 nitrogen and oxygen atoms in total. The fraction of sp³-hybridized carbons (Fsp3) is 0.625. The first-order valence-corrected chi connectivity index (χ1v) is 7.46. The van der Waals surface area contributed by atoms with Crippen molar-refractivity contribution in [1.82, 2.24) is 10.2 Å². The van der Waals surface area contributed by atoms with Gasteiger partial charge >= 0.3 is 0 Å². The van der Waals surface area contributed by atoms with E-state index in [9.17, 15) is 0 Å². The number of rotatable bonds is 6. The molecule has 2 rings (SSSR count). The number of benzene rings is 1. The molecule has 1 heterocycles. The molecule has 1 fully saturated rings. The summed E-state index contributed by atoms with van der Waals surface area (Å²) in [5.74, 6) is 1.01. The number of hydrogen-bond acceptors (Lipinski definition) is 3. The van der Waals surface area contributed by atoms with E-state index in [-0.39, 0.29) is 6.10 Å². The van der Waals surface area contributed by atoms with Crippen LogP contribution >= 0.6 is 0 Å². The quantitative estimate of drug-likeness (QED) is 0.851. The van der Waals surface area contributed by atoms with Crippen LogP contribution in [0.15, 0.2) is 24.3 Å². The van der Waals surface area contributed by atoms with Crippen LogP contribution in [0.1, 0.15) is 25.8 Å². The van der Waals surface area contributed by atoms with Gasteiger partial charge < -0.3 is 15.0 Å². The van der Waals surface area contributed by atoms with Crippen LogP contribution in [-0.4, -0.2) is 43.7 Å². The van der Waals surface area contributed by atoms with Gasteiger partial charge in [0.05, 0.1) is 6.10 Å². The minimum absolute atomic E-state index is 0.280. The van der Waals surface area contributed by atoms with Gasteiger partial charge in [-0.2, -0.15) is 0 Å². The van der Waals surface area contributed by atoms with Crippen LogP contribution in [0.3, 0.4) is 0 Å². The molecule has 1 aromatic rings. The first-order chi connectivity index (χ1) is 9.28. The van der Waals surface area contributed by atoms with E-state index in [4.69, 9.17) is 4.74 Å². The van der Waals surface area contributed by atoms with Crippen molar-refractivity contribution in [2.45, 2.75) is 32.8 Å². The molecule has 106 valence electrons. The molecular weight excluding hydrogens is 236 g/mol. The summed E-state index contributed by atoms with van der Waals surface area (Å²) < 4.78 is 6.01. The molecule has 19 heavy (non-hydrogen) atoms. The fourth-order valence-electron chi connectivity index (χ4n) is 2.43. The molecule has 0 radical (unpaired) electrons. The van der Waals surface area contributed by atoms with Gasteiger partial charge in [0.1, 0.15) is 5.75 Å². The lowest BCUT2D eigenvalue weighted by Gasteiger charge is -2.28. The molecule has 1 unspecified atom stereocenters. The number of ether oxygens (including phenoxy) is 1. The maximum absolute atomic E-state index is 6.01. The van der Waals surface area contributed by atoms with Gasteiger partial charge in [-0.25, -0.2) is 0 Å². The topological polar surface area (TPSA) is 24.5 Å². The normalized spacial score (nSPS) is 18.2. The predicted molar refractivity (Wildman–Crippen MR) is 79.8 cm³/mol. The Morgan fingerprint density at radius 2 is 2.11 bits per heavy atom. The molecule has 0 aromatic heterocycles. The Morgan fingerprint density at radius 1 is 1.32 bits per heavy atom. The van der Waals surface area contributed by atoms with Crippen molar-refractivity contribution in [3.63, 3.8) is 0 Å². The van der Waals surface area contributed by atoms with Gasteiger partial charge in [0, 0.05) is 32.7 Å². The summed E-state index contributed by atoms with van der Waals surface area (Å²) in [5, 5.41) is 3.38. The fourth-order valence-corrected chi connectivity index (χ4v) is 2.43. The largest absolute Gasteiger partial charge is 0.491 e.